The molecule has 0 saturated carbocycles. The van der Waals surface area contributed by atoms with Gasteiger partial charge in [-0.15, -0.1) is 0 Å². The molecule has 8 heteroatoms. The van der Waals surface area contributed by atoms with E-state index in [1.165, 1.54) is 6.07 Å². The van der Waals surface area contributed by atoms with Crippen LogP contribution in [0.3, 0.4) is 0 Å². The second kappa shape index (κ2) is 7.73. The Morgan fingerprint density at radius 1 is 1.48 bits per heavy atom. The molecule has 0 atom stereocenters. The molecule has 0 radical (unpaired) electrons. The first kappa shape index (κ1) is 17.1. The van der Waals surface area contributed by atoms with Crippen LogP contribution in [-0.4, -0.2) is 34.1 Å². The average Bonchev–Trinajstić information content (AvgIpc) is 2.43. The zero-order valence-corrected chi connectivity index (χ0v) is 12.2. The van der Waals surface area contributed by atoms with Crippen molar-refractivity contribution in [2.75, 3.05) is 19.7 Å². The van der Waals surface area contributed by atoms with Crippen LogP contribution in [-0.2, 0) is 19.6 Å². The highest BCUT2D eigenvalue weighted by molar-refractivity contribution is 7.89. The number of sulfonamides is 1. The fourth-order valence-electron chi connectivity index (χ4n) is 1.39. The van der Waals surface area contributed by atoms with Crippen molar-refractivity contribution >= 4 is 16.0 Å². The van der Waals surface area contributed by atoms with Crippen LogP contribution in [0.4, 0.5) is 4.39 Å². The van der Waals surface area contributed by atoms with Crippen molar-refractivity contribution in [2.24, 2.45) is 5.73 Å². The maximum atomic E-state index is 13.8. The first-order chi connectivity index (χ1) is 9.90. The number of esters is 1. The number of halogens is 1. The Labute approximate surface area is 122 Å². The van der Waals surface area contributed by atoms with Gasteiger partial charge in [0.25, 0.3) is 0 Å². The van der Waals surface area contributed by atoms with Crippen LogP contribution < -0.4 is 10.5 Å². The van der Waals surface area contributed by atoms with Crippen molar-refractivity contribution in [1.29, 1.82) is 0 Å². The fourth-order valence-corrected chi connectivity index (χ4v) is 2.42. The van der Waals surface area contributed by atoms with Gasteiger partial charge in [0.05, 0.1) is 13.2 Å². The van der Waals surface area contributed by atoms with Crippen molar-refractivity contribution < 1.29 is 22.3 Å². The zero-order valence-electron chi connectivity index (χ0n) is 11.3. The van der Waals surface area contributed by atoms with Gasteiger partial charge >= 0.3 is 5.97 Å². The maximum Gasteiger partial charge on any atom is 0.321 e. The molecule has 1 aromatic carbocycles. The predicted octanol–water partition coefficient (Wildman–Crippen LogP) is -0.0227. The van der Waals surface area contributed by atoms with Crippen molar-refractivity contribution in [3.05, 3.63) is 29.6 Å². The van der Waals surface area contributed by atoms with E-state index in [0.717, 1.165) is 12.1 Å². The summed E-state index contributed by atoms with van der Waals surface area (Å²) in [5.41, 5.74) is 5.50. The number of carbonyl (C=O) groups excluding carboxylic acids is 1. The molecule has 114 valence electrons. The van der Waals surface area contributed by atoms with Crippen molar-refractivity contribution in [3.8, 4) is 11.8 Å². The first-order valence-corrected chi connectivity index (χ1v) is 7.52. The second-order valence-electron chi connectivity index (χ2n) is 3.78. The summed E-state index contributed by atoms with van der Waals surface area (Å²) in [5, 5.41) is 0. The fraction of sp³-hybridized carbons (Fsp3) is 0.308. The van der Waals surface area contributed by atoms with Gasteiger partial charge in [-0.2, -0.15) is 4.72 Å². The van der Waals surface area contributed by atoms with E-state index in [1.807, 2.05) is 4.72 Å². The number of hydrogen-bond acceptors (Lipinski definition) is 5. The molecule has 0 spiro atoms. The molecule has 21 heavy (non-hydrogen) atoms. The van der Waals surface area contributed by atoms with Crippen molar-refractivity contribution in [2.45, 2.75) is 11.8 Å². The second-order valence-corrected chi connectivity index (χ2v) is 5.52. The Kier molecular flexibility index (Phi) is 6.30. The molecule has 6 nitrogen and oxygen atoms in total. The molecule has 0 aliphatic rings. The summed E-state index contributed by atoms with van der Waals surface area (Å²) in [7, 11) is -4.14. The molecule has 0 bridgehead atoms. The van der Waals surface area contributed by atoms with Gasteiger partial charge < -0.3 is 10.5 Å². The lowest BCUT2D eigenvalue weighted by atomic mass is 10.2. The molecule has 0 unspecified atom stereocenters. The van der Waals surface area contributed by atoms with Gasteiger partial charge in [-0.25, -0.2) is 12.8 Å². The van der Waals surface area contributed by atoms with Crippen LogP contribution in [0.15, 0.2) is 23.1 Å². The summed E-state index contributed by atoms with van der Waals surface area (Å²) in [5.74, 6) is 3.41. The van der Waals surface area contributed by atoms with E-state index in [1.54, 1.807) is 6.92 Å². The highest BCUT2D eigenvalue weighted by Crippen LogP contribution is 2.15. The summed E-state index contributed by atoms with van der Waals surface area (Å²) in [6, 6.07) is 3.41. The number of carbonyl (C=O) groups is 1. The Bertz CT molecular complexity index is 677. The zero-order chi connectivity index (χ0) is 15.9. The van der Waals surface area contributed by atoms with E-state index >= 15 is 0 Å². The average molecular weight is 314 g/mol. The van der Waals surface area contributed by atoms with Gasteiger partial charge in [-0.1, -0.05) is 11.8 Å². The van der Waals surface area contributed by atoms with Crippen LogP contribution in [0.2, 0.25) is 0 Å². The first-order valence-electron chi connectivity index (χ1n) is 6.04. The molecule has 3 N–H and O–H groups in total. The molecular formula is C13H15FN2O4S. The number of nitrogens with two attached hydrogens (primary N) is 1. The summed E-state index contributed by atoms with van der Waals surface area (Å²) in [6.07, 6.45) is 0. The molecule has 1 rings (SSSR count). The van der Waals surface area contributed by atoms with Gasteiger partial charge in [-0.3, -0.25) is 4.79 Å². The highest BCUT2D eigenvalue weighted by Gasteiger charge is 2.20. The summed E-state index contributed by atoms with van der Waals surface area (Å²) in [4.78, 5) is 10.5. The quantitative estimate of drug-likeness (QED) is 0.588. The number of benzene rings is 1. The third-order valence-electron chi connectivity index (χ3n) is 2.27. The van der Waals surface area contributed by atoms with Gasteiger partial charge in [-0.05, 0) is 25.1 Å². The Morgan fingerprint density at radius 3 is 2.76 bits per heavy atom. The van der Waals surface area contributed by atoms with E-state index in [9.17, 15) is 17.6 Å². The van der Waals surface area contributed by atoms with Gasteiger partial charge in [0.1, 0.15) is 17.3 Å². The number of ether oxygens (including phenoxy) is 1. The SMILES string of the molecule is CCOC(=O)CNS(=O)(=O)c1ccc(C#CCN)cc1F. The van der Waals surface area contributed by atoms with Crippen LogP contribution in [0.25, 0.3) is 0 Å². The lowest BCUT2D eigenvalue weighted by molar-refractivity contribution is -0.141. The largest absolute Gasteiger partial charge is 0.465 e. The predicted molar refractivity (Wildman–Crippen MR) is 74.2 cm³/mol. The molecule has 0 fully saturated rings. The van der Waals surface area contributed by atoms with E-state index in [2.05, 4.69) is 16.6 Å². The smallest absolute Gasteiger partial charge is 0.321 e. The Morgan fingerprint density at radius 2 is 2.19 bits per heavy atom. The van der Waals surface area contributed by atoms with E-state index in [4.69, 9.17) is 5.73 Å². The molecule has 0 heterocycles. The molecule has 0 saturated heterocycles. The van der Waals surface area contributed by atoms with Gasteiger partial charge in [0.15, 0.2) is 0 Å². The standard InChI is InChI=1S/C13H15FN2O4S/c1-2-20-13(17)9-16-21(18,19)12-6-5-10(4-3-7-15)8-11(12)14/h5-6,8,16H,2,7,9,15H2,1H3. The number of nitrogens with one attached hydrogen (secondary N) is 1. The van der Waals surface area contributed by atoms with E-state index in [-0.39, 0.29) is 13.2 Å². The van der Waals surface area contributed by atoms with E-state index < -0.39 is 33.3 Å². The highest BCUT2D eigenvalue weighted by atomic mass is 32.2. The molecule has 0 aromatic heterocycles. The molecule has 0 amide bonds. The van der Waals surface area contributed by atoms with E-state index in [0.29, 0.717) is 5.56 Å². The number of hydrogen-bond donors (Lipinski definition) is 2. The molecular weight excluding hydrogens is 299 g/mol. The van der Waals surface area contributed by atoms with Crippen LogP contribution in [0.1, 0.15) is 12.5 Å². The Hall–Kier alpha value is -1.95. The molecule has 0 aliphatic heterocycles. The van der Waals surface area contributed by atoms with Gasteiger partial charge in [0.2, 0.25) is 10.0 Å². The van der Waals surface area contributed by atoms with Crippen LogP contribution in [0, 0.1) is 17.7 Å². The van der Waals surface area contributed by atoms with Gasteiger partial charge in [0, 0.05) is 5.56 Å². The Balaban J connectivity index is 2.91. The maximum absolute atomic E-state index is 13.8. The monoisotopic (exact) mass is 314 g/mol. The topological polar surface area (TPSA) is 98.5 Å². The third-order valence-corrected chi connectivity index (χ3v) is 3.70. The lowest BCUT2D eigenvalue weighted by Crippen LogP contribution is -2.31. The normalized spacial score (nSPS) is 10.6. The van der Waals surface area contributed by atoms with Crippen LogP contribution in [0.5, 0.6) is 0 Å². The van der Waals surface area contributed by atoms with Crippen molar-refractivity contribution in [1.82, 2.24) is 4.72 Å². The van der Waals surface area contributed by atoms with Crippen molar-refractivity contribution in [3.63, 3.8) is 0 Å². The summed E-state index contributed by atoms with van der Waals surface area (Å²) < 4.78 is 44.1. The minimum atomic E-state index is -4.14. The van der Waals surface area contributed by atoms with Crippen LogP contribution >= 0.6 is 0 Å². The molecule has 0 aliphatic carbocycles. The number of rotatable bonds is 5. The minimum absolute atomic E-state index is 0.114. The summed E-state index contributed by atoms with van der Waals surface area (Å²) >= 11 is 0. The minimum Gasteiger partial charge on any atom is -0.465 e. The lowest BCUT2D eigenvalue weighted by Gasteiger charge is -2.07. The molecule has 1 aromatic rings. The third kappa shape index (κ3) is 5.15. The summed E-state index contributed by atoms with van der Waals surface area (Å²) in [6.45, 7) is 1.27.